The Morgan fingerprint density at radius 2 is 1.62 bits per heavy atom. The molecule has 0 atom stereocenters. The van der Waals surface area contributed by atoms with Crippen LogP contribution < -0.4 is 0 Å². The molecule has 0 aromatic carbocycles. The molecule has 0 nitrogen and oxygen atoms in total. The maximum absolute atomic E-state index is 11.8. The highest BCUT2D eigenvalue weighted by atomic mass is 28.3. The molecule has 0 aliphatic carbocycles. The summed E-state index contributed by atoms with van der Waals surface area (Å²) in [5.41, 5.74) is 0. The smallest absolute Gasteiger partial charge is 0.171 e. The van der Waals surface area contributed by atoms with E-state index in [1.807, 2.05) is 0 Å². The van der Waals surface area contributed by atoms with E-state index < -0.39 is 12.6 Å². The number of halogens is 3. The predicted molar refractivity (Wildman–Crippen MR) is 49.3 cm³/mol. The number of rotatable bonds is 3. The third-order valence-electron chi connectivity index (χ3n) is 2.55. The molecule has 0 bridgehead atoms. The monoisotopic (exact) mass is 209 g/mol. The predicted octanol–water partition coefficient (Wildman–Crippen LogP) is 4.01. The Balaban J connectivity index is 2.04. The normalized spacial score (nSPS) is 20.5. The standard InChI is InChI=1S/C9H16F3Si/c10-9(11,12)5-4-8-13-6-2-1-3-7-13/h1-8H2. The first-order valence-corrected chi connectivity index (χ1v) is 7.10. The molecule has 1 fully saturated rings. The van der Waals surface area contributed by atoms with E-state index in [9.17, 15) is 13.2 Å². The van der Waals surface area contributed by atoms with Gasteiger partial charge in [0, 0.05) is 15.2 Å². The van der Waals surface area contributed by atoms with Crippen LogP contribution in [0.5, 0.6) is 0 Å². The summed E-state index contributed by atoms with van der Waals surface area (Å²) in [7, 11) is -0.370. The largest absolute Gasteiger partial charge is 0.389 e. The van der Waals surface area contributed by atoms with Gasteiger partial charge in [-0.3, -0.25) is 0 Å². The van der Waals surface area contributed by atoms with Crippen LogP contribution in [-0.4, -0.2) is 15.0 Å². The molecule has 1 saturated heterocycles. The molecule has 0 saturated carbocycles. The van der Waals surface area contributed by atoms with E-state index in [1.165, 1.54) is 31.4 Å². The van der Waals surface area contributed by atoms with Crippen LogP contribution >= 0.6 is 0 Å². The fraction of sp³-hybridized carbons (Fsp3) is 1.00. The molecule has 0 aromatic heterocycles. The fourth-order valence-corrected chi connectivity index (χ4v) is 4.77. The molecule has 77 valence electrons. The van der Waals surface area contributed by atoms with Gasteiger partial charge in [0.15, 0.2) is 0 Å². The molecule has 0 aromatic rings. The summed E-state index contributed by atoms with van der Waals surface area (Å²) in [6.45, 7) is 0. The van der Waals surface area contributed by atoms with Gasteiger partial charge in [-0.15, -0.1) is 0 Å². The van der Waals surface area contributed by atoms with Crippen molar-refractivity contribution in [3.63, 3.8) is 0 Å². The summed E-state index contributed by atoms with van der Waals surface area (Å²) >= 11 is 0. The summed E-state index contributed by atoms with van der Waals surface area (Å²) in [6, 6.07) is 3.38. The lowest BCUT2D eigenvalue weighted by Crippen LogP contribution is -2.17. The van der Waals surface area contributed by atoms with Gasteiger partial charge in [0.2, 0.25) is 0 Å². The molecule has 13 heavy (non-hydrogen) atoms. The van der Waals surface area contributed by atoms with Gasteiger partial charge in [0.1, 0.15) is 0 Å². The number of alkyl halides is 3. The average Bonchev–Trinajstić information content (AvgIpc) is 2.04. The van der Waals surface area contributed by atoms with E-state index in [0.29, 0.717) is 6.42 Å². The minimum Gasteiger partial charge on any atom is -0.171 e. The Bertz CT molecular complexity index is 138. The van der Waals surface area contributed by atoms with E-state index in [4.69, 9.17) is 0 Å². The molecule has 0 N–H and O–H groups in total. The minimum atomic E-state index is -3.93. The summed E-state index contributed by atoms with van der Waals surface area (Å²) in [4.78, 5) is 0. The van der Waals surface area contributed by atoms with Crippen molar-refractivity contribution in [2.45, 2.75) is 56.4 Å². The highest BCUT2D eigenvalue weighted by Gasteiger charge is 2.27. The Kier molecular flexibility index (Phi) is 4.29. The SMILES string of the molecule is FC(F)(F)CCC[Si]1CCCCC1. The second kappa shape index (κ2) is 5.03. The molecule has 1 aliphatic heterocycles. The summed E-state index contributed by atoms with van der Waals surface area (Å²) < 4.78 is 35.5. The zero-order valence-electron chi connectivity index (χ0n) is 7.79. The van der Waals surface area contributed by atoms with Crippen LogP contribution in [0.25, 0.3) is 0 Å². The zero-order chi connectivity index (χ0) is 9.73. The molecule has 1 rings (SSSR count). The lowest BCUT2D eigenvalue weighted by atomic mass is 10.3. The lowest BCUT2D eigenvalue weighted by molar-refractivity contribution is -0.134. The zero-order valence-corrected chi connectivity index (χ0v) is 8.79. The second-order valence-electron chi connectivity index (χ2n) is 3.78. The van der Waals surface area contributed by atoms with Gasteiger partial charge < -0.3 is 0 Å². The number of hydrogen-bond acceptors (Lipinski definition) is 0. The Labute approximate surface area is 79.1 Å². The summed E-state index contributed by atoms with van der Waals surface area (Å²) in [6.07, 6.45) is -0.301. The van der Waals surface area contributed by atoms with Crippen LogP contribution in [0, 0.1) is 0 Å². The van der Waals surface area contributed by atoms with Crippen molar-refractivity contribution < 1.29 is 13.2 Å². The molecule has 1 radical (unpaired) electrons. The van der Waals surface area contributed by atoms with Crippen LogP contribution in [0.1, 0.15) is 32.1 Å². The van der Waals surface area contributed by atoms with Gasteiger partial charge in [-0.2, -0.15) is 13.2 Å². The summed E-state index contributed by atoms with van der Waals surface area (Å²) in [5, 5.41) is 0. The molecule has 0 amide bonds. The first-order valence-electron chi connectivity index (χ1n) is 4.98. The molecule has 0 unspecified atom stereocenters. The van der Waals surface area contributed by atoms with Gasteiger partial charge in [0.05, 0.1) is 0 Å². The van der Waals surface area contributed by atoms with Crippen molar-refractivity contribution >= 4 is 8.80 Å². The van der Waals surface area contributed by atoms with E-state index in [0.717, 1.165) is 6.04 Å². The second-order valence-corrected chi connectivity index (χ2v) is 6.78. The van der Waals surface area contributed by atoms with Gasteiger partial charge >= 0.3 is 6.18 Å². The van der Waals surface area contributed by atoms with Gasteiger partial charge in [-0.1, -0.05) is 37.4 Å². The quantitative estimate of drug-likeness (QED) is 0.616. The van der Waals surface area contributed by atoms with Gasteiger partial charge in [0.25, 0.3) is 0 Å². The maximum Gasteiger partial charge on any atom is 0.389 e. The van der Waals surface area contributed by atoms with Crippen LogP contribution in [0.15, 0.2) is 0 Å². The van der Waals surface area contributed by atoms with Crippen LogP contribution in [0.3, 0.4) is 0 Å². The van der Waals surface area contributed by atoms with Crippen LogP contribution in [-0.2, 0) is 0 Å². The fourth-order valence-electron chi connectivity index (χ4n) is 1.84. The Hall–Kier alpha value is 0.00688. The van der Waals surface area contributed by atoms with E-state index in [2.05, 4.69) is 0 Å². The van der Waals surface area contributed by atoms with Crippen molar-refractivity contribution in [1.29, 1.82) is 0 Å². The minimum absolute atomic E-state index is 0.370. The van der Waals surface area contributed by atoms with Crippen molar-refractivity contribution in [3.8, 4) is 0 Å². The van der Waals surface area contributed by atoms with E-state index in [1.54, 1.807) is 0 Å². The highest BCUT2D eigenvalue weighted by Crippen LogP contribution is 2.27. The third-order valence-corrected chi connectivity index (χ3v) is 5.73. The molecular weight excluding hydrogens is 193 g/mol. The first-order chi connectivity index (χ1) is 6.08. The third kappa shape index (κ3) is 5.34. The summed E-state index contributed by atoms with van der Waals surface area (Å²) in [5.74, 6) is 0. The molecular formula is C9H16F3Si. The maximum atomic E-state index is 11.8. The first kappa shape index (κ1) is 11.1. The van der Waals surface area contributed by atoms with Crippen LogP contribution in [0.2, 0.25) is 18.1 Å². The number of hydrogen-bond donors (Lipinski definition) is 0. The molecule has 0 spiro atoms. The van der Waals surface area contributed by atoms with E-state index >= 15 is 0 Å². The Morgan fingerprint density at radius 1 is 1.00 bits per heavy atom. The van der Waals surface area contributed by atoms with Crippen molar-refractivity contribution in [1.82, 2.24) is 0 Å². The van der Waals surface area contributed by atoms with Crippen LogP contribution in [0.4, 0.5) is 13.2 Å². The Morgan fingerprint density at radius 3 is 2.15 bits per heavy atom. The van der Waals surface area contributed by atoms with Crippen molar-refractivity contribution in [2.24, 2.45) is 0 Å². The van der Waals surface area contributed by atoms with Crippen molar-refractivity contribution in [2.75, 3.05) is 0 Å². The molecule has 1 aliphatic rings. The molecule has 1 heterocycles. The lowest BCUT2D eigenvalue weighted by Gasteiger charge is -2.19. The molecule has 4 heteroatoms. The average molecular weight is 209 g/mol. The highest BCUT2D eigenvalue weighted by molar-refractivity contribution is 6.58. The van der Waals surface area contributed by atoms with E-state index in [-0.39, 0.29) is 8.80 Å². The topological polar surface area (TPSA) is 0 Å². The van der Waals surface area contributed by atoms with Crippen molar-refractivity contribution in [3.05, 3.63) is 0 Å². The van der Waals surface area contributed by atoms with Gasteiger partial charge in [-0.25, -0.2) is 0 Å². The van der Waals surface area contributed by atoms with Gasteiger partial charge in [-0.05, 0) is 6.42 Å².